The maximum atomic E-state index is 13.0. The summed E-state index contributed by atoms with van der Waals surface area (Å²) in [7, 11) is 2.06. The quantitative estimate of drug-likeness (QED) is 0.804. The Morgan fingerprint density at radius 1 is 1.07 bits per heavy atom. The maximum absolute atomic E-state index is 13.0. The fourth-order valence-corrected chi connectivity index (χ4v) is 3.69. The first-order valence-electron chi connectivity index (χ1n) is 9.79. The minimum Gasteiger partial charge on any atom is -0.339 e. The molecule has 28 heavy (non-hydrogen) atoms. The minimum atomic E-state index is -0.144. The third-order valence-electron chi connectivity index (χ3n) is 5.44. The standard InChI is InChI=1S/C21H25N5O2/c1-24-10-12-25(13-11-24)19(27)15-26-9-5-8-18-17(21(26)28)14-22-20(23-18)16-6-3-2-4-7-16/h2-4,6-7,14H,5,8-13,15H2,1H3. The van der Waals surface area contributed by atoms with E-state index in [4.69, 9.17) is 0 Å². The summed E-state index contributed by atoms with van der Waals surface area (Å²) in [6.07, 6.45) is 3.12. The highest BCUT2D eigenvalue weighted by molar-refractivity contribution is 5.97. The Kier molecular flexibility index (Phi) is 5.34. The number of rotatable bonds is 3. The molecular formula is C21H25N5O2. The third kappa shape index (κ3) is 3.89. The molecular weight excluding hydrogens is 354 g/mol. The molecule has 0 aliphatic carbocycles. The molecule has 0 N–H and O–H groups in total. The number of benzene rings is 1. The number of fused-ring (bicyclic) bond motifs is 1. The van der Waals surface area contributed by atoms with Crippen molar-refractivity contribution in [2.45, 2.75) is 12.8 Å². The lowest BCUT2D eigenvalue weighted by Gasteiger charge is -2.33. The van der Waals surface area contributed by atoms with Crippen LogP contribution in [0.2, 0.25) is 0 Å². The molecule has 1 saturated heterocycles. The maximum Gasteiger partial charge on any atom is 0.257 e. The van der Waals surface area contributed by atoms with Crippen LogP contribution in [0.5, 0.6) is 0 Å². The molecule has 2 aliphatic rings. The van der Waals surface area contributed by atoms with Crippen LogP contribution in [-0.4, -0.2) is 82.8 Å². The van der Waals surface area contributed by atoms with Gasteiger partial charge in [0.05, 0.1) is 11.3 Å². The molecule has 2 amide bonds. The Labute approximate surface area is 165 Å². The van der Waals surface area contributed by atoms with Crippen molar-refractivity contribution in [2.24, 2.45) is 0 Å². The van der Waals surface area contributed by atoms with Crippen molar-refractivity contribution in [3.63, 3.8) is 0 Å². The molecule has 0 atom stereocenters. The number of hydrogen-bond acceptors (Lipinski definition) is 5. The molecule has 3 heterocycles. The van der Waals surface area contributed by atoms with Gasteiger partial charge in [-0.05, 0) is 19.9 Å². The number of piperazine rings is 1. The zero-order valence-electron chi connectivity index (χ0n) is 16.2. The summed E-state index contributed by atoms with van der Waals surface area (Å²) in [6, 6.07) is 9.76. The van der Waals surface area contributed by atoms with Crippen molar-refractivity contribution >= 4 is 11.8 Å². The number of aryl methyl sites for hydroxylation is 1. The van der Waals surface area contributed by atoms with E-state index in [0.29, 0.717) is 24.4 Å². The van der Waals surface area contributed by atoms with Gasteiger partial charge in [0.2, 0.25) is 5.91 Å². The van der Waals surface area contributed by atoms with Gasteiger partial charge >= 0.3 is 0 Å². The summed E-state index contributed by atoms with van der Waals surface area (Å²) < 4.78 is 0. The van der Waals surface area contributed by atoms with E-state index in [9.17, 15) is 9.59 Å². The highest BCUT2D eigenvalue weighted by atomic mass is 16.2. The Hall–Kier alpha value is -2.80. The summed E-state index contributed by atoms with van der Waals surface area (Å²) in [4.78, 5) is 40.5. The van der Waals surface area contributed by atoms with Crippen LogP contribution in [-0.2, 0) is 11.2 Å². The second kappa shape index (κ2) is 8.06. The molecule has 7 nitrogen and oxygen atoms in total. The van der Waals surface area contributed by atoms with Gasteiger partial charge in [-0.1, -0.05) is 30.3 Å². The molecule has 7 heteroatoms. The molecule has 146 valence electrons. The van der Waals surface area contributed by atoms with Crippen molar-refractivity contribution < 1.29 is 9.59 Å². The monoisotopic (exact) mass is 379 g/mol. The molecule has 0 bridgehead atoms. The molecule has 4 rings (SSSR count). The second-order valence-corrected chi connectivity index (χ2v) is 7.43. The number of nitrogens with zero attached hydrogens (tertiary/aromatic N) is 5. The van der Waals surface area contributed by atoms with Gasteiger partial charge in [-0.25, -0.2) is 9.97 Å². The van der Waals surface area contributed by atoms with Crippen molar-refractivity contribution in [1.82, 2.24) is 24.7 Å². The number of hydrogen-bond donors (Lipinski definition) is 0. The van der Waals surface area contributed by atoms with E-state index in [0.717, 1.165) is 43.9 Å². The van der Waals surface area contributed by atoms with E-state index >= 15 is 0 Å². The normalized spacial score (nSPS) is 18.0. The third-order valence-corrected chi connectivity index (χ3v) is 5.44. The average molecular weight is 379 g/mol. The Morgan fingerprint density at radius 3 is 2.57 bits per heavy atom. The molecule has 1 aromatic carbocycles. The molecule has 2 aromatic rings. The Balaban J connectivity index is 1.50. The first-order chi connectivity index (χ1) is 13.6. The van der Waals surface area contributed by atoms with Crippen LogP contribution in [0, 0.1) is 0 Å². The van der Waals surface area contributed by atoms with E-state index in [1.807, 2.05) is 35.2 Å². The highest BCUT2D eigenvalue weighted by Crippen LogP contribution is 2.21. The predicted octanol–water partition coefficient (Wildman–Crippen LogP) is 1.31. The van der Waals surface area contributed by atoms with Gasteiger partial charge in [0.15, 0.2) is 5.82 Å². The van der Waals surface area contributed by atoms with Crippen molar-refractivity contribution in [1.29, 1.82) is 0 Å². The lowest BCUT2D eigenvalue weighted by molar-refractivity contribution is -0.133. The first-order valence-corrected chi connectivity index (χ1v) is 9.79. The SMILES string of the molecule is CN1CCN(C(=O)CN2CCCc3nc(-c4ccccc4)ncc3C2=O)CC1. The van der Waals surface area contributed by atoms with E-state index in [1.165, 1.54) is 0 Å². The van der Waals surface area contributed by atoms with Crippen LogP contribution < -0.4 is 0 Å². The van der Waals surface area contributed by atoms with E-state index in [1.54, 1.807) is 11.1 Å². The average Bonchev–Trinajstić information content (AvgIpc) is 2.88. The summed E-state index contributed by atoms with van der Waals surface area (Å²) >= 11 is 0. The molecule has 0 spiro atoms. The molecule has 1 fully saturated rings. The Bertz CT molecular complexity index is 862. The summed E-state index contributed by atoms with van der Waals surface area (Å²) in [6.45, 7) is 3.88. The number of carbonyl (C=O) groups is 2. The summed E-state index contributed by atoms with van der Waals surface area (Å²) in [5, 5.41) is 0. The number of likely N-dealkylation sites (N-methyl/N-ethyl adjacent to an activating group) is 1. The van der Waals surface area contributed by atoms with Gasteiger partial charge in [0.25, 0.3) is 5.91 Å². The largest absolute Gasteiger partial charge is 0.339 e. The van der Waals surface area contributed by atoms with E-state index < -0.39 is 0 Å². The lowest BCUT2D eigenvalue weighted by atomic mass is 10.1. The van der Waals surface area contributed by atoms with Crippen LogP contribution >= 0.6 is 0 Å². The van der Waals surface area contributed by atoms with Crippen LogP contribution in [0.3, 0.4) is 0 Å². The number of carbonyl (C=O) groups excluding carboxylic acids is 2. The molecule has 0 saturated carbocycles. The zero-order valence-corrected chi connectivity index (χ0v) is 16.2. The van der Waals surface area contributed by atoms with E-state index in [2.05, 4.69) is 21.9 Å². The topological polar surface area (TPSA) is 69.6 Å². The molecule has 0 radical (unpaired) electrons. The fraction of sp³-hybridized carbons (Fsp3) is 0.429. The molecule has 2 aliphatic heterocycles. The Morgan fingerprint density at radius 2 is 1.82 bits per heavy atom. The van der Waals surface area contributed by atoms with Gasteiger partial charge < -0.3 is 14.7 Å². The van der Waals surface area contributed by atoms with Crippen molar-refractivity contribution in [3.8, 4) is 11.4 Å². The second-order valence-electron chi connectivity index (χ2n) is 7.43. The van der Waals surface area contributed by atoms with Crippen LogP contribution in [0.4, 0.5) is 0 Å². The predicted molar refractivity (Wildman–Crippen MR) is 106 cm³/mol. The highest BCUT2D eigenvalue weighted by Gasteiger charge is 2.28. The van der Waals surface area contributed by atoms with Gasteiger partial charge in [0.1, 0.15) is 6.54 Å². The van der Waals surface area contributed by atoms with Crippen molar-refractivity contribution in [2.75, 3.05) is 46.3 Å². The van der Waals surface area contributed by atoms with Gasteiger partial charge in [0, 0.05) is 44.5 Å². The number of aromatic nitrogens is 2. The van der Waals surface area contributed by atoms with Crippen LogP contribution in [0.15, 0.2) is 36.5 Å². The van der Waals surface area contributed by atoms with Crippen LogP contribution in [0.1, 0.15) is 22.5 Å². The van der Waals surface area contributed by atoms with Gasteiger partial charge in [-0.15, -0.1) is 0 Å². The lowest BCUT2D eigenvalue weighted by Crippen LogP contribution is -2.50. The molecule has 1 aromatic heterocycles. The van der Waals surface area contributed by atoms with Gasteiger partial charge in [-0.2, -0.15) is 0 Å². The minimum absolute atomic E-state index is 0.0201. The first kappa shape index (κ1) is 18.6. The zero-order chi connectivity index (χ0) is 19.5. The summed E-state index contributed by atoms with van der Waals surface area (Å²) in [5.41, 5.74) is 2.22. The van der Waals surface area contributed by atoms with Gasteiger partial charge in [-0.3, -0.25) is 9.59 Å². The van der Waals surface area contributed by atoms with E-state index in [-0.39, 0.29) is 18.4 Å². The fourth-order valence-electron chi connectivity index (χ4n) is 3.69. The van der Waals surface area contributed by atoms with Crippen molar-refractivity contribution in [3.05, 3.63) is 47.8 Å². The molecule has 0 unspecified atom stereocenters. The smallest absolute Gasteiger partial charge is 0.257 e. The van der Waals surface area contributed by atoms with Crippen LogP contribution in [0.25, 0.3) is 11.4 Å². The number of amides is 2. The summed E-state index contributed by atoms with van der Waals surface area (Å²) in [5.74, 6) is 0.510.